The van der Waals surface area contributed by atoms with Crippen LogP contribution < -0.4 is 4.90 Å². The summed E-state index contributed by atoms with van der Waals surface area (Å²) in [7, 11) is -4.03. The number of benzene rings is 3. The molecule has 180 valence electrons. The molecule has 0 unspecified atom stereocenters. The highest BCUT2D eigenvalue weighted by atomic mass is 32.2. The van der Waals surface area contributed by atoms with Gasteiger partial charge in [0.1, 0.15) is 5.82 Å². The standard InChI is InChI=1S/C27H25FN2O4S/c1-18-6-4-5-15-29(18)26(31)20-11-14-25-23(16-20)30(17-19-9-12-21(28)13-10-19)27(32)22-7-2-3-8-24(22)35(25,33)34/h2-3,7-14,16,18H,4-6,15,17H2,1H3/t18-/m0/s1. The van der Waals surface area contributed by atoms with Crippen LogP contribution in [0, 0.1) is 5.82 Å². The first kappa shape index (κ1) is 23.2. The highest BCUT2D eigenvalue weighted by Gasteiger charge is 2.36. The predicted octanol–water partition coefficient (Wildman–Crippen LogP) is 4.83. The number of hydrogen-bond donors (Lipinski definition) is 0. The molecule has 5 rings (SSSR count). The molecule has 0 bridgehead atoms. The van der Waals surface area contributed by atoms with E-state index < -0.39 is 21.6 Å². The zero-order chi connectivity index (χ0) is 24.7. The number of carbonyl (C=O) groups excluding carboxylic acids is 2. The zero-order valence-corrected chi connectivity index (χ0v) is 20.1. The van der Waals surface area contributed by atoms with Crippen molar-refractivity contribution in [2.75, 3.05) is 11.4 Å². The van der Waals surface area contributed by atoms with Gasteiger partial charge in [-0.2, -0.15) is 0 Å². The van der Waals surface area contributed by atoms with Gasteiger partial charge in [-0.1, -0.05) is 24.3 Å². The van der Waals surface area contributed by atoms with E-state index in [2.05, 4.69) is 0 Å². The fourth-order valence-corrected chi connectivity index (χ4v) is 6.47. The maximum atomic E-state index is 13.7. The van der Waals surface area contributed by atoms with E-state index in [-0.39, 0.29) is 39.5 Å². The molecule has 0 spiro atoms. The first-order valence-electron chi connectivity index (χ1n) is 11.6. The summed E-state index contributed by atoms with van der Waals surface area (Å²) < 4.78 is 40.7. The number of halogens is 1. The lowest BCUT2D eigenvalue weighted by Crippen LogP contribution is -2.42. The van der Waals surface area contributed by atoms with Gasteiger partial charge in [-0.25, -0.2) is 12.8 Å². The monoisotopic (exact) mass is 492 g/mol. The van der Waals surface area contributed by atoms with Gasteiger partial charge in [-0.3, -0.25) is 9.59 Å². The minimum Gasteiger partial charge on any atom is -0.336 e. The predicted molar refractivity (Wildman–Crippen MR) is 130 cm³/mol. The summed E-state index contributed by atoms with van der Waals surface area (Å²) in [5.74, 6) is -1.09. The Hall–Kier alpha value is -3.52. The summed E-state index contributed by atoms with van der Waals surface area (Å²) in [6.07, 6.45) is 2.89. The minimum absolute atomic E-state index is 0.0216. The molecule has 2 heterocycles. The van der Waals surface area contributed by atoms with Crippen molar-refractivity contribution in [2.24, 2.45) is 0 Å². The second kappa shape index (κ2) is 8.92. The van der Waals surface area contributed by atoms with Gasteiger partial charge in [0.15, 0.2) is 0 Å². The lowest BCUT2D eigenvalue weighted by atomic mass is 10.0. The molecule has 3 aromatic carbocycles. The average Bonchev–Trinajstić information content (AvgIpc) is 2.93. The van der Waals surface area contributed by atoms with Gasteiger partial charge < -0.3 is 9.80 Å². The van der Waals surface area contributed by atoms with Crippen LogP contribution in [-0.2, 0) is 16.4 Å². The smallest absolute Gasteiger partial charge is 0.259 e. The maximum Gasteiger partial charge on any atom is 0.259 e. The van der Waals surface area contributed by atoms with E-state index >= 15 is 0 Å². The van der Waals surface area contributed by atoms with E-state index in [1.54, 1.807) is 29.2 Å². The molecule has 1 atom stereocenters. The molecule has 2 amide bonds. The van der Waals surface area contributed by atoms with Crippen LogP contribution in [0.5, 0.6) is 0 Å². The molecule has 0 saturated carbocycles. The van der Waals surface area contributed by atoms with Gasteiger partial charge in [0, 0.05) is 18.2 Å². The van der Waals surface area contributed by atoms with Crippen LogP contribution >= 0.6 is 0 Å². The molecule has 2 aliphatic rings. The second-order valence-corrected chi connectivity index (χ2v) is 10.9. The molecule has 1 fully saturated rings. The van der Waals surface area contributed by atoms with Gasteiger partial charge >= 0.3 is 0 Å². The fraction of sp³-hybridized carbons (Fsp3) is 0.259. The van der Waals surface area contributed by atoms with Crippen molar-refractivity contribution >= 4 is 27.3 Å². The summed E-state index contributed by atoms with van der Waals surface area (Å²) in [5, 5.41) is 0. The van der Waals surface area contributed by atoms with Crippen molar-refractivity contribution in [3.05, 3.63) is 89.2 Å². The Kier molecular flexibility index (Phi) is 5.92. The van der Waals surface area contributed by atoms with Crippen molar-refractivity contribution in [2.45, 2.75) is 48.6 Å². The molecule has 0 aliphatic carbocycles. The van der Waals surface area contributed by atoms with Crippen LogP contribution in [0.1, 0.15) is 52.5 Å². The Bertz CT molecular complexity index is 1420. The van der Waals surface area contributed by atoms with Crippen molar-refractivity contribution in [3.8, 4) is 0 Å². The number of likely N-dealkylation sites (tertiary alicyclic amines) is 1. The topological polar surface area (TPSA) is 74.8 Å². The zero-order valence-electron chi connectivity index (χ0n) is 19.3. The summed E-state index contributed by atoms with van der Waals surface area (Å²) in [6, 6.07) is 16.3. The SMILES string of the molecule is C[C@H]1CCCCN1C(=O)c1ccc2c(c1)N(Cc1ccc(F)cc1)C(=O)c1ccccc1S2(=O)=O. The van der Waals surface area contributed by atoms with Gasteiger partial charge in [-0.15, -0.1) is 0 Å². The third kappa shape index (κ3) is 4.12. The summed E-state index contributed by atoms with van der Waals surface area (Å²) in [5.41, 5.74) is 1.16. The normalized spacial score (nSPS) is 19.0. The number of sulfone groups is 1. The number of nitrogens with zero attached hydrogens (tertiary/aromatic N) is 2. The van der Waals surface area contributed by atoms with E-state index in [0.29, 0.717) is 17.7 Å². The Labute approximate surface area is 203 Å². The van der Waals surface area contributed by atoms with E-state index in [4.69, 9.17) is 0 Å². The van der Waals surface area contributed by atoms with Crippen LogP contribution in [-0.4, -0.2) is 37.7 Å². The van der Waals surface area contributed by atoms with Gasteiger partial charge in [0.2, 0.25) is 9.84 Å². The summed E-state index contributed by atoms with van der Waals surface area (Å²) in [6.45, 7) is 2.67. The molecule has 0 radical (unpaired) electrons. The largest absolute Gasteiger partial charge is 0.336 e. The number of carbonyl (C=O) groups is 2. The van der Waals surface area contributed by atoms with E-state index in [0.717, 1.165) is 19.3 Å². The molecule has 35 heavy (non-hydrogen) atoms. The van der Waals surface area contributed by atoms with Crippen molar-refractivity contribution < 1.29 is 22.4 Å². The fourth-order valence-electron chi connectivity index (χ4n) is 4.83. The van der Waals surface area contributed by atoms with E-state index in [1.807, 2.05) is 6.92 Å². The molecular weight excluding hydrogens is 467 g/mol. The number of hydrogen-bond acceptors (Lipinski definition) is 4. The third-order valence-corrected chi connectivity index (χ3v) is 8.62. The highest BCUT2D eigenvalue weighted by Crippen LogP contribution is 2.38. The lowest BCUT2D eigenvalue weighted by Gasteiger charge is -2.33. The maximum absolute atomic E-state index is 13.7. The quantitative estimate of drug-likeness (QED) is 0.525. The van der Waals surface area contributed by atoms with Crippen molar-refractivity contribution in [1.82, 2.24) is 4.90 Å². The molecule has 1 saturated heterocycles. The lowest BCUT2D eigenvalue weighted by molar-refractivity contribution is 0.0635. The molecule has 0 aromatic heterocycles. The molecule has 0 N–H and O–H groups in total. The van der Waals surface area contributed by atoms with Crippen molar-refractivity contribution in [1.29, 1.82) is 0 Å². The Morgan fingerprint density at radius 2 is 1.74 bits per heavy atom. The number of rotatable bonds is 3. The van der Waals surface area contributed by atoms with Crippen LogP contribution in [0.2, 0.25) is 0 Å². The Morgan fingerprint density at radius 3 is 2.49 bits per heavy atom. The molecule has 2 aliphatic heterocycles. The third-order valence-electron chi connectivity index (χ3n) is 6.76. The number of amides is 2. The van der Waals surface area contributed by atoms with Gasteiger partial charge in [-0.05, 0) is 74.2 Å². The Balaban J connectivity index is 1.66. The van der Waals surface area contributed by atoms with Crippen molar-refractivity contribution in [3.63, 3.8) is 0 Å². The number of piperidine rings is 1. The van der Waals surface area contributed by atoms with Crippen LogP contribution in [0.3, 0.4) is 0 Å². The average molecular weight is 493 g/mol. The number of fused-ring (bicyclic) bond motifs is 2. The second-order valence-electron chi connectivity index (χ2n) is 9.04. The van der Waals surface area contributed by atoms with E-state index in [9.17, 15) is 22.4 Å². The summed E-state index contributed by atoms with van der Waals surface area (Å²) >= 11 is 0. The molecule has 3 aromatic rings. The molecule has 8 heteroatoms. The summed E-state index contributed by atoms with van der Waals surface area (Å²) in [4.78, 5) is 30.1. The van der Waals surface area contributed by atoms with Gasteiger partial charge in [0.25, 0.3) is 11.8 Å². The van der Waals surface area contributed by atoms with Gasteiger partial charge in [0.05, 0.1) is 27.6 Å². The molecular formula is C27H25FN2O4S. The van der Waals surface area contributed by atoms with Crippen LogP contribution in [0.4, 0.5) is 10.1 Å². The van der Waals surface area contributed by atoms with Crippen LogP contribution in [0.15, 0.2) is 76.5 Å². The Morgan fingerprint density at radius 1 is 1.00 bits per heavy atom. The minimum atomic E-state index is -4.03. The van der Waals surface area contributed by atoms with Crippen LogP contribution in [0.25, 0.3) is 0 Å². The van der Waals surface area contributed by atoms with E-state index in [1.165, 1.54) is 47.4 Å². The highest BCUT2D eigenvalue weighted by molar-refractivity contribution is 7.91. The first-order chi connectivity index (χ1) is 16.8. The number of anilines is 1. The molecule has 6 nitrogen and oxygen atoms in total. The first-order valence-corrected chi connectivity index (χ1v) is 13.1.